The van der Waals surface area contributed by atoms with E-state index >= 15 is 0 Å². The Morgan fingerprint density at radius 2 is 2.40 bits per heavy atom. The van der Waals surface area contributed by atoms with E-state index in [-0.39, 0.29) is 0 Å². The third-order valence-corrected chi connectivity index (χ3v) is 2.25. The fourth-order valence-electron chi connectivity index (χ4n) is 0.788. The van der Waals surface area contributed by atoms with Crippen molar-refractivity contribution in [1.82, 2.24) is 4.98 Å². The number of hydrogen-bond acceptors (Lipinski definition) is 1. The Bertz CT molecular complexity index is 186. The van der Waals surface area contributed by atoms with E-state index in [9.17, 15) is 0 Å². The Balaban J connectivity index is 2.75. The van der Waals surface area contributed by atoms with Crippen molar-refractivity contribution in [2.24, 2.45) is 0 Å². The van der Waals surface area contributed by atoms with Crippen molar-refractivity contribution in [1.29, 1.82) is 0 Å². The molecule has 0 N–H and O–H groups in total. The van der Waals surface area contributed by atoms with Crippen LogP contribution in [0.25, 0.3) is 0 Å². The van der Waals surface area contributed by atoms with Crippen LogP contribution in [0, 0.1) is 0 Å². The first-order valence-electron chi connectivity index (χ1n) is 3.45. The number of aromatic nitrogens is 1. The summed E-state index contributed by atoms with van der Waals surface area (Å²) >= 11 is 0. The average molecular weight is 153 g/mol. The van der Waals surface area contributed by atoms with Crippen LogP contribution in [0.4, 0.5) is 0 Å². The lowest BCUT2D eigenvalue weighted by atomic mass is 10.1. The van der Waals surface area contributed by atoms with Gasteiger partial charge >= 0.3 is 0 Å². The van der Waals surface area contributed by atoms with Crippen molar-refractivity contribution in [2.45, 2.75) is 12.8 Å². The molecule has 0 aliphatic heterocycles. The molecule has 54 valence electrons. The van der Waals surface area contributed by atoms with E-state index in [2.05, 4.69) is 27.2 Å². The fraction of sp³-hybridized carbons (Fsp3) is 0.375. The van der Waals surface area contributed by atoms with Gasteiger partial charge in [0.25, 0.3) is 0 Å². The van der Waals surface area contributed by atoms with Gasteiger partial charge in [-0.25, -0.2) is 0 Å². The first kappa shape index (κ1) is 7.68. The van der Waals surface area contributed by atoms with Crippen LogP contribution in [0.2, 0.25) is 0 Å². The molecule has 0 saturated heterocycles. The molecule has 2 atom stereocenters. The number of hydrogen-bond donors (Lipinski definition) is 0. The second-order valence-corrected chi connectivity index (χ2v) is 2.86. The number of nitrogens with zero attached hydrogens (tertiary/aromatic N) is 1. The zero-order chi connectivity index (χ0) is 7.40. The maximum absolute atomic E-state index is 4.24. The highest BCUT2D eigenvalue weighted by atomic mass is 31.0. The van der Waals surface area contributed by atoms with Crippen molar-refractivity contribution >= 4 is 9.24 Å². The SMILES string of the molecule is CC(CP)c1ccccn1. The highest BCUT2D eigenvalue weighted by Crippen LogP contribution is 2.13. The smallest absolute Gasteiger partial charge is 0.0435 e. The van der Waals surface area contributed by atoms with Gasteiger partial charge in [0, 0.05) is 17.8 Å². The number of rotatable bonds is 2. The van der Waals surface area contributed by atoms with Gasteiger partial charge in [0.15, 0.2) is 0 Å². The average Bonchev–Trinajstić information content (AvgIpc) is 2.05. The molecule has 1 aromatic rings. The van der Waals surface area contributed by atoms with E-state index in [0.717, 1.165) is 6.16 Å². The summed E-state index contributed by atoms with van der Waals surface area (Å²) < 4.78 is 0. The van der Waals surface area contributed by atoms with E-state index < -0.39 is 0 Å². The topological polar surface area (TPSA) is 12.9 Å². The maximum atomic E-state index is 4.24. The minimum atomic E-state index is 0.561. The summed E-state index contributed by atoms with van der Waals surface area (Å²) in [5, 5.41) is 0. The van der Waals surface area contributed by atoms with Gasteiger partial charge in [0.1, 0.15) is 0 Å². The standard InChI is InChI=1S/C8H12NP/c1-7(6-10)8-4-2-3-5-9-8/h2-5,7H,6,10H2,1H3. The molecular weight excluding hydrogens is 141 g/mol. The quantitative estimate of drug-likeness (QED) is 0.592. The molecule has 0 fully saturated rings. The Labute approximate surface area is 64.1 Å². The van der Waals surface area contributed by atoms with Gasteiger partial charge < -0.3 is 0 Å². The Hall–Kier alpha value is -0.420. The molecule has 0 saturated carbocycles. The van der Waals surface area contributed by atoms with E-state index in [1.807, 2.05) is 18.3 Å². The highest BCUT2D eigenvalue weighted by Gasteiger charge is 2.00. The van der Waals surface area contributed by atoms with Crippen molar-refractivity contribution in [3.8, 4) is 0 Å². The third-order valence-electron chi connectivity index (χ3n) is 1.55. The molecule has 0 aliphatic rings. The first-order chi connectivity index (χ1) is 4.84. The minimum Gasteiger partial charge on any atom is -0.261 e. The molecular formula is C8H12NP. The summed E-state index contributed by atoms with van der Waals surface area (Å²) in [7, 11) is 2.73. The fourth-order valence-corrected chi connectivity index (χ4v) is 1.03. The Morgan fingerprint density at radius 3 is 2.90 bits per heavy atom. The largest absolute Gasteiger partial charge is 0.261 e. The van der Waals surface area contributed by atoms with Gasteiger partial charge in [-0.3, -0.25) is 4.98 Å². The van der Waals surface area contributed by atoms with Crippen LogP contribution in [0.5, 0.6) is 0 Å². The van der Waals surface area contributed by atoms with E-state index in [4.69, 9.17) is 0 Å². The molecule has 1 nitrogen and oxygen atoms in total. The van der Waals surface area contributed by atoms with Gasteiger partial charge in [0.05, 0.1) is 0 Å². The lowest BCUT2D eigenvalue weighted by Crippen LogP contribution is -1.96. The molecule has 0 bridgehead atoms. The van der Waals surface area contributed by atoms with Crippen LogP contribution in [0.15, 0.2) is 24.4 Å². The number of pyridine rings is 1. The molecule has 0 radical (unpaired) electrons. The predicted octanol–water partition coefficient (Wildman–Crippen LogP) is 2.06. The Kier molecular flexibility index (Phi) is 2.82. The molecule has 1 aromatic heterocycles. The summed E-state index contributed by atoms with van der Waals surface area (Å²) in [4.78, 5) is 4.24. The van der Waals surface area contributed by atoms with Crippen molar-refractivity contribution in [3.05, 3.63) is 30.1 Å². The van der Waals surface area contributed by atoms with Gasteiger partial charge in [-0.05, 0) is 18.3 Å². The Morgan fingerprint density at radius 1 is 1.60 bits per heavy atom. The van der Waals surface area contributed by atoms with Gasteiger partial charge in [-0.1, -0.05) is 13.0 Å². The summed E-state index contributed by atoms with van der Waals surface area (Å²) in [5.74, 6) is 0.561. The van der Waals surface area contributed by atoms with E-state index in [0.29, 0.717) is 5.92 Å². The van der Waals surface area contributed by atoms with Gasteiger partial charge in [0.2, 0.25) is 0 Å². The molecule has 0 aromatic carbocycles. The van der Waals surface area contributed by atoms with Gasteiger partial charge in [-0.2, -0.15) is 0 Å². The normalized spacial score (nSPS) is 13.0. The summed E-state index contributed by atoms with van der Waals surface area (Å²) in [5.41, 5.74) is 1.18. The highest BCUT2D eigenvalue weighted by molar-refractivity contribution is 7.16. The lowest BCUT2D eigenvalue weighted by Gasteiger charge is -2.05. The molecule has 1 rings (SSSR count). The second-order valence-electron chi connectivity index (χ2n) is 2.39. The summed E-state index contributed by atoms with van der Waals surface area (Å²) in [6.45, 7) is 2.18. The monoisotopic (exact) mass is 153 g/mol. The molecule has 10 heavy (non-hydrogen) atoms. The predicted molar refractivity (Wildman–Crippen MR) is 47.2 cm³/mol. The first-order valence-corrected chi connectivity index (χ1v) is 4.27. The van der Waals surface area contributed by atoms with Crippen molar-refractivity contribution < 1.29 is 0 Å². The minimum absolute atomic E-state index is 0.561. The zero-order valence-corrected chi connectivity index (χ0v) is 7.27. The van der Waals surface area contributed by atoms with Crippen LogP contribution < -0.4 is 0 Å². The van der Waals surface area contributed by atoms with Crippen molar-refractivity contribution in [3.63, 3.8) is 0 Å². The van der Waals surface area contributed by atoms with Crippen LogP contribution in [0.3, 0.4) is 0 Å². The molecule has 0 aliphatic carbocycles. The lowest BCUT2D eigenvalue weighted by molar-refractivity contribution is 0.835. The van der Waals surface area contributed by atoms with Crippen LogP contribution in [-0.4, -0.2) is 11.1 Å². The third kappa shape index (κ3) is 1.78. The molecule has 1 heterocycles. The summed E-state index contributed by atoms with van der Waals surface area (Å²) in [6, 6.07) is 6.03. The van der Waals surface area contributed by atoms with Crippen molar-refractivity contribution in [2.75, 3.05) is 6.16 Å². The molecule has 2 heteroatoms. The van der Waals surface area contributed by atoms with Crippen LogP contribution in [-0.2, 0) is 0 Å². The maximum Gasteiger partial charge on any atom is 0.0435 e. The van der Waals surface area contributed by atoms with Gasteiger partial charge in [-0.15, -0.1) is 9.24 Å². The van der Waals surface area contributed by atoms with E-state index in [1.54, 1.807) is 0 Å². The molecule has 2 unspecified atom stereocenters. The van der Waals surface area contributed by atoms with Crippen LogP contribution in [0.1, 0.15) is 18.5 Å². The summed E-state index contributed by atoms with van der Waals surface area (Å²) in [6.07, 6.45) is 2.92. The van der Waals surface area contributed by atoms with E-state index in [1.165, 1.54) is 5.69 Å². The second kappa shape index (κ2) is 3.68. The zero-order valence-electron chi connectivity index (χ0n) is 6.12. The van der Waals surface area contributed by atoms with Crippen LogP contribution >= 0.6 is 9.24 Å². The molecule has 0 amide bonds. The molecule has 0 spiro atoms.